The standard InChI is InChI=1S/C11H18N2O2/c1-11(2,3)13-7-10(15)9-5-4-8(14)6-12-9/h4-6,10,13-15H,7H2,1-3H3/t10-/m0/s1. The van der Waals surface area contributed by atoms with Gasteiger partial charge < -0.3 is 15.5 Å². The number of nitrogens with zero attached hydrogens (tertiary/aromatic N) is 1. The molecule has 84 valence electrons. The van der Waals surface area contributed by atoms with E-state index in [9.17, 15) is 5.11 Å². The van der Waals surface area contributed by atoms with Gasteiger partial charge in [-0.05, 0) is 32.9 Å². The Morgan fingerprint density at radius 3 is 2.53 bits per heavy atom. The molecule has 0 aliphatic rings. The molecule has 4 heteroatoms. The SMILES string of the molecule is CC(C)(C)NC[C@H](O)c1ccc(O)cn1. The van der Waals surface area contributed by atoms with Crippen LogP contribution in [-0.4, -0.2) is 27.3 Å². The highest BCUT2D eigenvalue weighted by molar-refractivity contribution is 5.19. The Kier molecular flexibility index (Phi) is 3.66. The van der Waals surface area contributed by atoms with Gasteiger partial charge in [0.25, 0.3) is 0 Å². The minimum Gasteiger partial charge on any atom is -0.506 e. The molecular weight excluding hydrogens is 192 g/mol. The fourth-order valence-corrected chi connectivity index (χ4v) is 1.10. The lowest BCUT2D eigenvalue weighted by Gasteiger charge is -2.22. The molecule has 0 unspecified atom stereocenters. The molecule has 0 aromatic carbocycles. The maximum absolute atomic E-state index is 9.77. The molecule has 0 radical (unpaired) electrons. The second-order valence-electron chi connectivity index (χ2n) is 4.59. The minimum absolute atomic E-state index is 0.0299. The van der Waals surface area contributed by atoms with Crippen molar-refractivity contribution in [2.45, 2.75) is 32.4 Å². The summed E-state index contributed by atoms with van der Waals surface area (Å²) >= 11 is 0. The fourth-order valence-electron chi connectivity index (χ4n) is 1.10. The molecule has 1 heterocycles. The Bertz CT molecular complexity index is 303. The van der Waals surface area contributed by atoms with Crippen molar-refractivity contribution in [2.75, 3.05) is 6.54 Å². The summed E-state index contributed by atoms with van der Waals surface area (Å²) in [4.78, 5) is 3.94. The molecule has 1 aromatic rings. The lowest BCUT2D eigenvalue weighted by Crippen LogP contribution is -2.38. The molecule has 0 amide bonds. The molecule has 0 bridgehead atoms. The summed E-state index contributed by atoms with van der Waals surface area (Å²) in [5.74, 6) is 0.106. The number of aliphatic hydroxyl groups is 1. The zero-order valence-electron chi connectivity index (χ0n) is 9.36. The van der Waals surface area contributed by atoms with E-state index in [1.807, 2.05) is 20.8 Å². The summed E-state index contributed by atoms with van der Waals surface area (Å²) in [6.45, 7) is 6.54. The van der Waals surface area contributed by atoms with Crippen LogP contribution in [0.5, 0.6) is 5.75 Å². The zero-order valence-corrected chi connectivity index (χ0v) is 9.36. The Balaban J connectivity index is 2.54. The first-order valence-electron chi connectivity index (χ1n) is 4.96. The Morgan fingerprint density at radius 1 is 1.40 bits per heavy atom. The van der Waals surface area contributed by atoms with E-state index in [4.69, 9.17) is 5.11 Å². The molecule has 3 N–H and O–H groups in total. The third-order valence-corrected chi connectivity index (χ3v) is 1.94. The molecule has 15 heavy (non-hydrogen) atoms. The Labute approximate surface area is 90.0 Å². The van der Waals surface area contributed by atoms with E-state index in [2.05, 4.69) is 10.3 Å². The molecule has 0 saturated carbocycles. The Morgan fingerprint density at radius 2 is 2.07 bits per heavy atom. The van der Waals surface area contributed by atoms with Gasteiger partial charge in [-0.2, -0.15) is 0 Å². The summed E-state index contributed by atoms with van der Waals surface area (Å²) in [6.07, 6.45) is 0.681. The first-order chi connectivity index (χ1) is 6.88. The van der Waals surface area contributed by atoms with Crippen molar-refractivity contribution in [3.63, 3.8) is 0 Å². The smallest absolute Gasteiger partial charge is 0.133 e. The van der Waals surface area contributed by atoms with E-state index >= 15 is 0 Å². The van der Waals surface area contributed by atoms with E-state index in [0.29, 0.717) is 12.2 Å². The number of hydrogen-bond acceptors (Lipinski definition) is 4. The summed E-state index contributed by atoms with van der Waals surface area (Å²) in [6, 6.07) is 3.13. The molecule has 4 nitrogen and oxygen atoms in total. The number of pyridine rings is 1. The number of β-amino-alcohol motifs (C(OH)–C–C–N with tert-alkyl or cyclic N) is 1. The number of nitrogens with one attached hydrogen (secondary N) is 1. The monoisotopic (exact) mass is 210 g/mol. The quantitative estimate of drug-likeness (QED) is 0.701. The van der Waals surface area contributed by atoms with Crippen LogP contribution in [0.3, 0.4) is 0 Å². The van der Waals surface area contributed by atoms with E-state index < -0.39 is 6.10 Å². The molecule has 1 rings (SSSR count). The van der Waals surface area contributed by atoms with Crippen molar-refractivity contribution in [2.24, 2.45) is 0 Å². The number of hydrogen-bond donors (Lipinski definition) is 3. The third kappa shape index (κ3) is 4.27. The third-order valence-electron chi connectivity index (χ3n) is 1.94. The van der Waals surface area contributed by atoms with Crippen LogP contribution in [-0.2, 0) is 0 Å². The maximum Gasteiger partial charge on any atom is 0.133 e. The van der Waals surface area contributed by atoms with Crippen LogP contribution in [0.2, 0.25) is 0 Å². The molecule has 1 atom stereocenters. The lowest BCUT2D eigenvalue weighted by atomic mass is 10.1. The predicted molar refractivity (Wildman–Crippen MR) is 58.6 cm³/mol. The minimum atomic E-state index is -0.648. The molecule has 0 aliphatic carbocycles. The first kappa shape index (κ1) is 11.9. The van der Waals surface area contributed by atoms with E-state index in [-0.39, 0.29) is 11.3 Å². The predicted octanol–water partition coefficient (Wildman–Crippen LogP) is 1.21. The fraction of sp³-hybridized carbons (Fsp3) is 0.545. The molecule has 0 fully saturated rings. The van der Waals surface area contributed by atoms with Gasteiger partial charge in [0, 0.05) is 12.1 Å². The lowest BCUT2D eigenvalue weighted by molar-refractivity contribution is 0.159. The van der Waals surface area contributed by atoms with Gasteiger partial charge in [0.05, 0.1) is 11.9 Å². The van der Waals surface area contributed by atoms with Crippen molar-refractivity contribution in [3.05, 3.63) is 24.0 Å². The van der Waals surface area contributed by atoms with E-state index in [1.165, 1.54) is 12.3 Å². The highest BCUT2D eigenvalue weighted by Crippen LogP contribution is 2.13. The second-order valence-corrected chi connectivity index (χ2v) is 4.59. The number of aromatic nitrogens is 1. The van der Waals surface area contributed by atoms with Crippen molar-refractivity contribution < 1.29 is 10.2 Å². The van der Waals surface area contributed by atoms with Gasteiger partial charge in [-0.25, -0.2) is 0 Å². The maximum atomic E-state index is 9.77. The van der Waals surface area contributed by atoms with Crippen molar-refractivity contribution >= 4 is 0 Å². The highest BCUT2D eigenvalue weighted by Gasteiger charge is 2.14. The van der Waals surface area contributed by atoms with Crippen LogP contribution in [0.1, 0.15) is 32.6 Å². The van der Waals surface area contributed by atoms with Crippen LogP contribution < -0.4 is 5.32 Å². The normalized spacial score (nSPS) is 13.9. The first-order valence-corrected chi connectivity index (χ1v) is 4.96. The van der Waals surface area contributed by atoms with Crippen molar-refractivity contribution in [1.82, 2.24) is 10.3 Å². The van der Waals surface area contributed by atoms with Gasteiger partial charge in [-0.1, -0.05) is 0 Å². The van der Waals surface area contributed by atoms with Gasteiger partial charge in [0.15, 0.2) is 0 Å². The average molecular weight is 210 g/mol. The highest BCUT2D eigenvalue weighted by atomic mass is 16.3. The summed E-state index contributed by atoms with van der Waals surface area (Å²) in [5.41, 5.74) is 0.530. The number of aliphatic hydroxyl groups excluding tert-OH is 1. The van der Waals surface area contributed by atoms with Gasteiger partial charge in [-0.3, -0.25) is 4.98 Å². The summed E-state index contributed by atoms with van der Waals surface area (Å²) in [5, 5.41) is 22.0. The van der Waals surface area contributed by atoms with Crippen molar-refractivity contribution in [3.8, 4) is 5.75 Å². The van der Waals surface area contributed by atoms with Crippen LogP contribution in [0, 0.1) is 0 Å². The number of aromatic hydroxyl groups is 1. The van der Waals surface area contributed by atoms with Gasteiger partial charge in [0.1, 0.15) is 11.9 Å². The van der Waals surface area contributed by atoms with E-state index in [1.54, 1.807) is 6.07 Å². The molecule has 1 aromatic heterocycles. The second kappa shape index (κ2) is 4.59. The van der Waals surface area contributed by atoms with Crippen molar-refractivity contribution in [1.29, 1.82) is 0 Å². The van der Waals surface area contributed by atoms with Crippen LogP contribution >= 0.6 is 0 Å². The van der Waals surface area contributed by atoms with Crippen LogP contribution in [0.25, 0.3) is 0 Å². The molecule has 0 aliphatic heterocycles. The van der Waals surface area contributed by atoms with Gasteiger partial charge in [0.2, 0.25) is 0 Å². The summed E-state index contributed by atoms with van der Waals surface area (Å²) < 4.78 is 0. The zero-order chi connectivity index (χ0) is 11.5. The Hall–Kier alpha value is -1.13. The average Bonchev–Trinajstić information content (AvgIpc) is 2.14. The van der Waals surface area contributed by atoms with E-state index in [0.717, 1.165) is 0 Å². The number of rotatable bonds is 3. The molecule has 0 saturated heterocycles. The van der Waals surface area contributed by atoms with Crippen LogP contribution in [0.15, 0.2) is 18.3 Å². The van der Waals surface area contributed by atoms with Gasteiger partial charge in [-0.15, -0.1) is 0 Å². The molecule has 0 spiro atoms. The largest absolute Gasteiger partial charge is 0.506 e. The van der Waals surface area contributed by atoms with Crippen LogP contribution in [0.4, 0.5) is 0 Å². The van der Waals surface area contributed by atoms with Gasteiger partial charge >= 0.3 is 0 Å². The molecular formula is C11H18N2O2. The summed E-state index contributed by atoms with van der Waals surface area (Å²) in [7, 11) is 0. The topological polar surface area (TPSA) is 65.4 Å².